The molecule has 3 amide bonds. The first kappa shape index (κ1) is 16.7. The molecule has 2 aliphatic rings. The van der Waals surface area contributed by atoms with Gasteiger partial charge >= 0.3 is 0 Å². The van der Waals surface area contributed by atoms with Crippen molar-refractivity contribution in [3.63, 3.8) is 0 Å². The van der Waals surface area contributed by atoms with Gasteiger partial charge in [0.1, 0.15) is 0 Å². The number of rotatable bonds is 3. The number of carbonyl (C=O) groups excluding carboxylic acids is 3. The third-order valence-electron chi connectivity index (χ3n) is 5.21. The van der Waals surface area contributed by atoms with Crippen LogP contribution < -0.4 is 10.2 Å². The van der Waals surface area contributed by atoms with Crippen LogP contribution in [0.25, 0.3) is 0 Å². The molecule has 1 aromatic carbocycles. The number of imide groups is 1. The van der Waals surface area contributed by atoms with E-state index in [0.717, 1.165) is 25.7 Å². The Morgan fingerprint density at radius 1 is 1.17 bits per heavy atom. The zero-order valence-corrected chi connectivity index (χ0v) is 14.3. The van der Waals surface area contributed by atoms with Crippen molar-refractivity contribution < 1.29 is 14.4 Å². The van der Waals surface area contributed by atoms with Crippen LogP contribution in [-0.2, 0) is 9.59 Å². The molecule has 5 heteroatoms. The highest BCUT2D eigenvalue weighted by atomic mass is 16.2. The fourth-order valence-electron chi connectivity index (χ4n) is 3.52. The molecule has 0 atom stereocenters. The molecule has 128 valence electrons. The molecule has 0 unspecified atom stereocenters. The lowest BCUT2D eigenvalue weighted by atomic mass is 9.78. The van der Waals surface area contributed by atoms with Gasteiger partial charge in [0.2, 0.25) is 11.8 Å². The average molecular weight is 328 g/mol. The number of hydrogen-bond acceptors (Lipinski definition) is 3. The van der Waals surface area contributed by atoms with Crippen LogP contribution in [-0.4, -0.2) is 23.3 Å². The van der Waals surface area contributed by atoms with Crippen molar-refractivity contribution in [3.8, 4) is 0 Å². The topological polar surface area (TPSA) is 66.5 Å². The first-order valence-corrected chi connectivity index (χ1v) is 8.66. The van der Waals surface area contributed by atoms with E-state index < -0.39 is 0 Å². The van der Waals surface area contributed by atoms with Gasteiger partial charge in [0, 0.05) is 23.9 Å². The minimum absolute atomic E-state index is 0.145. The van der Waals surface area contributed by atoms with Crippen LogP contribution in [0.2, 0.25) is 0 Å². The lowest BCUT2D eigenvalue weighted by Gasteiger charge is -2.37. The van der Waals surface area contributed by atoms with Gasteiger partial charge in [-0.2, -0.15) is 0 Å². The number of nitrogens with zero attached hydrogens (tertiary/aromatic N) is 1. The van der Waals surface area contributed by atoms with Gasteiger partial charge in [-0.25, -0.2) is 0 Å². The largest absolute Gasteiger partial charge is 0.347 e. The maximum atomic E-state index is 12.6. The molecule has 1 aliphatic carbocycles. The highest BCUT2D eigenvalue weighted by molar-refractivity contribution is 6.20. The minimum Gasteiger partial charge on any atom is -0.347 e. The number of carbonyl (C=O) groups is 3. The Morgan fingerprint density at radius 2 is 1.79 bits per heavy atom. The molecule has 1 heterocycles. The van der Waals surface area contributed by atoms with E-state index in [1.54, 1.807) is 24.3 Å². The predicted molar refractivity (Wildman–Crippen MR) is 91.7 cm³/mol. The second-order valence-corrected chi connectivity index (χ2v) is 7.37. The lowest BCUT2D eigenvalue weighted by molar-refractivity contribution is -0.121. The van der Waals surface area contributed by atoms with E-state index in [2.05, 4.69) is 19.2 Å². The molecule has 0 bridgehead atoms. The van der Waals surface area contributed by atoms with Gasteiger partial charge in [0.15, 0.2) is 0 Å². The summed E-state index contributed by atoms with van der Waals surface area (Å²) in [5.74, 6) is 0.162. The third kappa shape index (κ3) is 3.35. The van der Waals surface area contributed by atoms with Crippen LogP contribution >= 0.6 is 0 Å². The summed E-state index contributed by atoms with van der Waals surface area (Å²) in [4.78, 5) is 37.6. The number of anilines is 1. The molecule has 1 saturated heterocycles. The fraction of sp³-hybridized carbons (Fsp3) is 0.526. The Morgan fingerprint density at radius 3 is 2.42 bits per heavy atom. The van der Waals surface area contributed by atoms with Crippen LogP contribution in [0, 0.1) is 5.92 Å². The van der Waals surface area contributed by atoms with Crippen LogP contribution in [0.5, 0.6) is 0 Å². The molecule has 1 aliphatic heterocycles. The molecule has 1 aromatic rings. The molecule has 0 aromatic heterocycles. The van der Waals surface area contributed by atoms with Crippen molar-refractivity contribution in [1.29, 1.82) is 0 Å². The van der Waals surface area contributed by atoms with Gasteiger partial charge in [-0.05, 0) is 56.7 Å². The Kier molecular flexibility index (Phi) is 4.43. The molecule has 0 radical (unpaired) electrons. The molecule has 2 fully saturated rings. The smallest absolute Gasteiger partial charge is 0.251 e. The molecule has 1 N–H and O–H groups in total. The standard InChI is InChI=1S/C19H24N2O3/c1-13-8-10-19(2,11-9-13)20-18(24)14-4-3-5-15(12-14)21-16(22)6-7-17(21)23/h3-5,12-13H,6-11H2,1-2H3,(H,20,24). The fourth-order valence-corrected chi connectivity index (χ4v) is 3.52. The maximum absolute atomic E-state index is 12.6. The first-order valence-electron chi connectivity index (χ1n) is 8.66. The van der Waals surface area contributed by atoms with Gasteiger partial charge < -0.3 is 5.32 Å². The van der Waals surface area contributed by atoms with E-state index in [9.17, 15) is 14.4 Å². The van der Waals surface area contributed by atoms with Gasteiger partial charge in [-0.1, -0.05) is 13.0 Å². The lowest BCUT2D eigenvalue weighted by Crippen LogP contribution is -2.48. The van der Waals surface area contributed by atoms with E-state index in [1.807, 2.05) is 0 Å². The summed E-state index contributed by atoms with van der Waals surface area (Å²) in [6, 6.07) is 6.76. The molecule has 1 saturated carbocycles. The van der Waals surface area contributed by atoms with Crippen molar-refractivity contribution >= 4 is 23.4 Å². The Balaban J connectivity index is 1.75. The van der Waals surface area contributed by atoms with Gasteiger partial charge in [-0.15, -0.1) is 0 Å². The van der Waals surface area contributed by atoms with Gasteiger partial charge in [-0.3, -0.25) is 19.3 Å². The molecular formula is C19H24N2O3. The normalized spacial score (nSPS) is 27.4. The van der Waals surface area contributed by atoms with Crippen LogP contribution in [0.3, 0.4) is 0 Å². The zero-order chi connectivity index (χ0) is 17.3. The third-order valence-corrected chi connectivity index (χ3v) is 5.21. The summed E-state index contributed by atoms with van der Waals surface area (Å²) in [6.45, 7) is 4.34. The van der Waals surface area contributed by atoms with Crippen molar-refractivity contribution in [2.45, 2.75) is 57.9 Å². The van der Waals surface area contributed by atoms with Gasteiger partial charge in [0.25, 0.3) is 5.91 Å². The van der Waals surface area contributed by atoms with E-state index in [0.29, 0.717) is 17.2 Å². The highest BCUT2D eigenvalue weighted by Gasteiger charge is 2.33. The Labute approximate surface area is 142 Å². The Bertz CT molecular complexity index is 659. The summed E-state index contributed by atoms with van der Waals surface area (Å²) < 4.78 is 0. The molecule has 5 nitrogen and oxygen atoms in total. The number of hydrogen-bond donors (Lipinski definition) is 1. The first-order chi connectivity index (χ1) is 11.4. The highest BCUT2D eigenvalue weighted by Crippen LogP contribution is 2.32. The van der Waals surface area contributed by atoms with Gasteiger partial charge in [0.05, 0.1) is 5.69 Å². The molecule has 3 rings (SSSR count). The van der Waals surface area contributed by atoms with E-state index in [-0.39, 0.29) is 36.1 Å². The zero-order valence-electron chi connectivity index (χ0n) is 14.3. The number of nitrogens with one attached hydrogen (secondary N) is 1. The van der Waals surface area contributed by atoms with E-state index in [4.69, 9.17) is 0 Å². The van der Waals surface area contributed by atoms with E-state index in [1.165, 1.54) is 4.90 Å². The average Bonchev–Trinajstić information content (AvgIpc) is 2.89. The van der Waals surface area contributed by atoms with E-state index >= 15 is 0 Å². The monoisotopic (exact) mass is 328 g/mol. The van der Waals surface area contributed by atoms with Crippen LogP contribution in [0.1, 0.15) is 62.7 Å². The summed E-state index contributed by atoms with van der Waals surface area (Å²) in [6.07, 6.45) is 4.67. The summed E-state index contributed by atoms with van der Waals surface area (Å²) in [5.41, 5.74) is 0.788. The molecule has 0 spiro atoms. The number of benzene rings is 1. The van der Waals surface area contributed by atoms with Crippen molar-refractivity contribution in [2.75, 3.05) is 4.90 Å². The van der Waals surface area contributed by atoms with Crippen molar-refractivity contribution in [1.82, 2.24) is 5.32 Å². The summed E-state index contributed by atoms with van der Waals surface area (Å²) in [7, 11) is 0. The Hall–Kier alpha value is -2.17. The van der Waals surface area contributed by atoms with Crippen molar-refractivity contribution in [2.24, 2.45) is 5.92 Å². The molecular weight excluding hydrogens is 304 g/mol. The van der Waals surface area contributed by atoms with Crippen LogP contribution in [0.4, 0.5) is 5.69 Å². The quantitative estimate of drug-likeness (QED) is 0.867. The second-order valence-electron chi connectivity index (χ2n) is 7.37. The maximum Gasteiger partial charge on any atom is 0.251 e. The summed E-state index contributed by atoms with van der Waals surface area (Å²) >= 11 is 0. The van der Waals surface area contributed by atoms with Crippen molar-refractivity contribution in [3.05, 3.63) is 29.8 Å². The van der Waals surface area contributed by atoms with Crippen LogP contribution in [0.15, 0.2) is 24.3 Å². The summed E-state index contributed by atoms with van der Waals surface area (Å²) in [5, 5.41) is 3.15. The predicted octanol–water partition coefficient (Wildman–Crippen LogP) is 3.04. The molecule has 24 heavy (non-hydrogen) atoms. The second kappa shape index (κ2) is 6.38. The SMILES string of the molecule is CC1CCC(C)(NC(=O)c2cccc(N3C(=O)CCC3=O)c2)CC1. The number of amides is 3. The minimum atomic E-state index is -0.203.